The smallest absolute Gasteiger partial charge is 0.223 e. The number of amides is 1. The maximum Gasteiger partial charge on any atom is 0.223 e. The average molecular weight is 542 g/mol. The molecule has 0 unspecified atom stereocenters. The van der Waals surface area contributed by atoms with Crippen LogP contribution >= 0.6 is 35.3 Å². The number of nitrogens with one attached hydrogen (secondary N) is 2. The quantitative estimate of drug-likeness (QED) is 0.231. The summed E-state index contributed by atoms with van der Waals surface area (Å²) in [5.74, 6) is 1.02. The van der Waals surface area contributed by atoms with Crippen LogP contribution in [0.1, 0.15) is 46.5 Å². The van der Waals surface area contributed by atoms with Crippen LogP contribution in [0.4, 0.5) is 0 Å². The van der Waals surface area contributed by atoms with Crippen molar-refractivity contribution < 1.29 is 4.79 Å². The molecule has 0 fully saturated rings. The molecule has 2 N–H and O–H groups in total. The van der Waals surface area contributed by atoms with Crippen LogP contribution in [0, 0.1) is 13.8 Å². The predicted octanol–water partition coefficient (Wildman–Crippen LogP) is 3.80. The predicted molar refractivity (Wildman–Crippen MR) is 135 cm³/mol. The second-order valence-electron chi connectivity index (χ2n) is 7.31. The molecular weight excluding hydrogens is 509 g/mol. The van der Waals surface area contributed by atoms with Gasteiger partial charge in [-0.3, -0.25) is 9.79 Å². The number of aryl methyl sites for hydroxylation is 2. The summed E-state index contributed by atoms with van der Waals surface area (Å²) in [7, 11) is 0. The summed E-state index contributed by atoms with van der Waals surface area (Å²) in [5, 5.41) is 7.78. The van der Waals surface area contributed by atoms with Crippen molar-refractivity contribution in [2.45, 2.75) is 53.1 Å². The summed E-state index contributed by atoms with van der Waals surface area (Å²) in [6, 6.07) is 8.28. The summed E-state index contributed by atoms with van der Waals surface area (Å²) < 4.78 is 0. The number of fused-ring (bicyclic) bond motifs is 1. The monoisotopic (exact) mass is 541 g/mol. The summed E-state index contributed by atoms with van der Waals surface area (Å²) >= 11 is 1.76. The number of guanidine groups is 1. The van der Waals surface area contributed by atoms with Crippen molar-refractivity contribution in [3.8, 4) is 0 Å². The van der Waals surface area contributed by atoms with E-state index in [1.807, 2.05) is 17.0 Å². The van der Waals surface area contributed by atoms with Gasteiger partial charge in [-0.1, -0.05) is 24.3 Å². The van der Waals surface area contributed by atoms with Crippen LogP contribution in [-0.4, -0.2) is 41.4 Å². The molecule has 164 valence electrons. The van der Waals surface area contributed by atoms with E-state index < -0.39 is 0 Å². The number of hydrogen-bond acceptors (Lipinski definition) is 4. The number of hydrogen-bond donors (Lipinski definition) is 2. The Morgan fingerprint density at radius 2 is 1.90 bits per heavy atom. The van der Waals surface area contributed by atoms with Crippen molar-refractivity contribution in [1.29, 1.82) is 0 Å². The van der Waals surface area contributed by atoms with Gasteiger partial charge in [0.1, 0.15) is 0 Å². The third kappa shape index (κ3) is 6.94. The first-order chi connectivity index (χ1) is 14.1. The molecule has 0 saturated carbocycles. The molecule has 2 heterocycles. The van der Waals surface area contributed by atoms with Crippen molar-refractivity contribution in [3.05, 3.63) is 51.0 Å². The number of carbonyl (C=O) groups excluding carboxylic acids is 1. The van der Waals surface area contributed by atoms with E-state index in [9.17, 15) is 4.79 Å². The fraction of sp³-hybridized carbons (Fsp3) is 0.500. The Morgan fingerprint density at radius 1 is 1.20 bits per heavy atom. The zero-order valence-corrected chi connectivity index (χ0v) is 21.2. The minimum absolute atomic E-state index is 0. The highest BCUT2D eigenvalue weighted by atomic mass is 127. The van der Waals surface area contributed by atoms with Crippen LogP contribution in [0.25, 0.3) is 0 Å². The SMILES string of the molecule is CCNC(=NCCCC(=O)N1Cc2ccccc2C1)NCCc1nc(C)c(C)s1.I. The molecule has 0 spiro atoms. The third-order valence-electron chi connectivity index (χ3n) is 5.06. The van der Waals surface area contributed by atoms with E-state index >= 15 is 0 Å². The Hall–Kier alpha value is -1.68. The van der Waals surface area contributed by atoms with Crippen molar-refractivity contribution in [1.82, 2.24) is 20.5 Å². The van der Waals surface area contributed by atoms with Gasteiger partial charge in [0, 0.05) is 50.4 Å². The molecule has 1 aliphatic rings. The van der Waals surface area contributed by atoms with Crippen molar-refractivity contribution >= 4 is 47.2 Å². The fourth-order valence-electron chi connectivity index (χ4n) is 3.36. The minimum Gasteiger partial charge on any atom is -0.357 e. The van der Waals surface area contributed by atoms with Crippen LogP contribution in [0.5, 0.6) is 0 Å². The lowest BCUT2D eigenvalue weighted by atomic mass is 10.1. The van der Waals surface area contributed by atoms with Gasteiger partial charge < -0.3 is 15.5 Å². The Kier molecular flexibility index (Phi) is 10.0. The van der Waals surface area contributed by atoms with Gasteiger partial charge in [-0.05, 0) is 38.3 Å². The number of carbonyl (C=O) groups is 1. The summed E-state index contributed by atoms with van der Waals surface area (Å²) in [6.45, 7) is 9.93. The number of halogens is 1. The molecule has 6 nitrogen and oxygen atoms in total. The molecule has 0 atom stereocenters. The lowest BCUT2D eigenvalue weighted by Gasteiger charge is -2.15. The highest BCUT2D eigenvalue weighted by molar-refractivity contribution is 14.0. The maximum atomic E-state index is 12.5. The fourth-order valence-corrected chi connectivity index (χ4v) is 4.30. The van der Waals surface area contributed by atoms with Gasteiger partial charge in [-0.15, -0.1) is 35.3 Å². The molecule has 3 rings (SSSR count). The van der Waals surface area contributed by atoms with E-state index in [1.54, 1.807) is 11.3 Å². The third-order valence-corrected chi connectivity index (χ3v) is 6.19. The summed E-state index contributed by atoms with van der Waals surface area (Å²) in [6.07, 6.45) is 2.18. The molecule has 8 heteroatoms. The number of aromatic nitrogens is 1. The molecule has 0 radical (unpaired) electrons. The molecule has 1 aromatic heterocycles. The number of benzene rings is 1. The lowest BCUT2D eigenvalue weighted by Crippen LogP contribution is -2.38. The molecular formula is C22H32IN5OS. The van der Waals surface area contributed by atoms with E-state index in [2.05, 4.69) is 53.5 Å². The van der Waals surface area contributed by atoms with Crippen molar-refractivity contribution in [3.63, 3.8) is 0 Å². The summed E-state index contributed by atoms with van der Waals surface area (Å²) in [4.78, 5) is 24.9. The molecule has 1 amide bonds. The van der Waals surface area contributed by atoms with Crippen LogP contribution in [0.2, 0.25) is 0 Å². The zero-order chi connectivity index (χ0) is 20.6. The molecule has 30 heavy (non-hydrogen) atoms. The number of aliphatic imine (C=N–C) groups is 1. The van der Waals surface area contributed by atoms with Crippen LogP contribution in [-0.2, 0) is 24.3 Å². The van der Waals surface area contributed by atoms with Gasteiger partial charge >= 0.3 is 0 Å². The number of thiazole rings is 1. The van der Waals surface area contributed by atoms with Gasteiger partial charge in [0.2, 0.25) is 5.91 Å². The van der Waals surface area contributed by atoms with Gasteiger partial charge in [0.15, 0.2) is 5.96 Å². The largest absolute Gasteiger partial charge is 0.357 e. The van der Waals surface area contributed by atoms with Crippen LogP contribution < -0.4 is 10.6 Å². The lowest BCUT2D eigenvalue weighted by molar-refractivity contribution is -0.131. The molecule has 2 aromatic rings. The first-order valence-electron chi connectivity index (χ1n) is 10.4. The standard InChI is InChI=1S/C22H31N5OS.HI/c1-4-23-22(25-13-11-20-26-16(2)17(3)29-20)24-12-7-10-21(28)27-14-18-8-5-6-9-19(18)15-27;/h5-6,8-9H,4,7,10-15H2,1-3H3,(H2,23,24,25);1H. The van der Waals surface area contributed by atoms with E-state index in [1.165, 1.54) is 16.0 Å². The Labute approximate surface area is 200 Å². The van der Waals surface area contributed by atoms with Gasteiger partial charge in [0.25, 0.3) is 0 Å². The van der Waals surface area contributed by atoms with E-state index in [0.717, 1.165) is 55.7 Å². The maximum absolute atomic E-state index is 12.5. The first kappa shape index (κ1) is 24.6. The van der Waals surface area contributed by atoms with Gasteiger partial charge in [-0.25, -0.2) is 4.98 Å². The second kappa shape index (κ2) is 12.2. The highest BCUT2D eigenvalue weighted by Gasteiger charge is 2.22. The molecule has 1 aromatic carbocycles. The van der Waals surface area contributed by atoms with E-state index in [4.69, 9.17) is 0 Å². The van der Waals surface area contributed by atoms with E-state index in [0.29, 0.717) is 13.0 Å². The Morgan fingerprint density at radius 3 is 2.50 bits per heavy atom. The van der Waals surface area contributed by atoms with Gasteiger partial charge in [-0.2, -0.15) is 0 Å². The van der Waals surface area contributed by atoms with Gasteiger partial charge in [0.05, 0.1) is 10.7 Å². The topological polar surface area (TPSA) is 69.6 Å². The Balaban J connectivity index is 0.00000320. The minimum atomic E-state index is 0. The van der Waals surface area contributed by atoms with Crippen molar-refractivity contribution in [2.24, 2.45) is 4.99 Å². The molecule has 0 bridgehead atoms. The molecule has 0 aliphatic carbocycles. The average Bonchev–Trinajstić information content (AvgIpc) is 3.28. The second-order valence-corrected chi connectivity index (χ2v) is 8.60. The first-order valence-corrected chi connectivity index (χ1v) is 11.2. The van der Waals surface area contributed by atoms with Crippen LogP contribution in [0.15, 0.2) is 29.3 Å². The highest BCUT2D eigenvalue weighted by Crippen LogP contribution is 2.23. The molecule has 0 saturated heterocycles. The van der Waals surface area contributed by atoms with Crippen LogP contribution in [0.3, 0.4) is 0 Å². The normalized spacial score (nSPS) is 13.0. The Bertz CT molecular complexity index is 822. The zero-order valence-electron chi connectivity index (χ0n) is 18.0. The number of nitrogens with zero attached hydrogens (tertiary/aromatic N) is 3. The molecule has 1 aliphatic heterocycles. The number of rotatable bonds is 8. The summed E-state index contributed by atoms with van der Waals surface area (Å²) in [5.41, 5.74) is 3.66. The van der Waals surface area contributed by atoms with Crippen molar-refractivity contribution in [2.75, 3.05) is 19.6 Å². The van der Waals surface area contributed by atoms with E-state index in [-0.39, 0.29) is 29.9 Å².